The molecular formula is C19H26Cl2NOPTi. The van der Waals surface area contributed by atoms with E-state index in [1.165, 1.54) is 16.4 Å². The predicted molar refractivity (Wildman–Crippen MR) is 110 cm³/mol. The van der Waals surface area contributed by atoms with Crippen LogP contribution in [0, 0.1) is 13.8 Å². The Balaban J connectivity index is 0.000000970. The van der Waals surface area contributed by atoms with Crippen molar-refractivity contribution in [3.05, 3.63) is 53.1 Å². The molecule has 2 rings (SSSR count). The first kappa shape index (κ1) is 23.0. The molecule has 0 saturated carbocycles. The van der Waals surface area contributed by atoms with Crippen molar-refractivity contribution in [3.8, 4) is 5.75 Å². The summed E-state index contributed by atoms with van der Waals surface area (Å²) in [5, 5.41) is 12.7. The molecule has 2 aromatic rings. The summed E-state index contributed by atoms with van der Waals surface area (Å²) < 4.78 is 0. The van der Waals surface area contributed by atoms with E-state index in [0.717, 1.165) is 30.5 Å². The number of aromatic hydroxyl groups is 1. The Morgan fingerprint density at radius 2 is 1.56 bits per heavy atom. The number of nitrogens with zero attached hydrogens (tertiary/aromatic N) is 1. The zero-order chi connectivity index (χ0) is 18.8. The van der Waals surface area contributed by atoms with Crippen LogP contribution in [-0.4, -0.2) is 23.1 Å². The molecule has 25 heavy (non-hydrogen) atoms. The van der Waals surface area contributed by atoms with Gasteiger partial charge in [0.05, 0.1) is 0 Å². The third kappa shape index (κ3) is 7.21. The molecule has 6 heteroatoms. The van der Waals surface area contributed by atoms with Crippen molar-refractivity contribution in [1.29, 1.82) is 0 Å². The van der Waals surface area contributed by atoms with Crippen LogP contribution in [0.5, 0.6) is 5.75 Å². The van der Waals surface area contributed by atoms with E-state index in [4.69, 9.17) is 18.6 Å². The first-order valence-electron chi connectivity index (χ1n) is 8.31. The van der Waals surface area contributed by atoms with Crippen molar-refractivity contribution in [2.45, 2.75) is 34.2 Å². The minimum absolute atomic E-state index is 0.442. The first-order valence-corrected chi connectivity index (χ1v) is 13.6. The predicted octanol–water partition coefficient (Wildman–Crippen LogP) is 4.86. The van der Waals surface area contributed by atoms with Gasteiger partial charge in [0, 0.05) is 11.8 Å². The van der Waals surface area contributed by atoms with Crippen LogP contribution in [0.15, 0.2) is 36.4 Å². The third-order valence-electron chi connectivity index (χ3n) is 4.14. The monoisotopic (exact) mass is 433 g/mol. The van der Waals surface area contributed by atoms with Gasteiger partial charge in [-0.3, -0.25) is 4.90 Å². The van der Waals surface area contributed by atoms with Gasteiger partial charge in [-0.2, -0.15) is 0 Å². The second-order valence-corrected chi connectivity index (χ2v) is 9.61. The van der Waals surface area contributed by atoms with Gasteiger partial charge < -0.3 is 5.11 Å². The molecule has 2 aromatic carbocycles. The van der Waals surface area contributed by atoms with Crippen LogP contribution in [0.1, 0.15) is 30.5 Å². The van der Waals surface area contributed by atoms with Crippen LogP contribution in [-0.2, 0) is 23.6 Å². The molecule has 1 atom stereocenters. The molecule has 136 valence electrons. The summed E-state index contributed by atoms with van der Waals surface area (Å²) in [7, 11) is 10.3. The van der Waals surface area contributed by atoms with Crippen LogP contribution in [0.25, 0.3) is 0 Å². The van der Waals surface area contributed by atoms with Gasteiger partial charge in [0.25, 0.3) is 0 Å². The fourth-order valence-corrected chi connectivity index (χ4v) is 3.99. The van der Waals surface area contributed by atoms with E-state index in [1.807, 2.05) is 25.1 Å². The standard InChI is InChI=1S/C19H26NOP.2ClH.Ti/c1-5-20(6-2)13-16-11-7-10-15(4)19(16)22-17-12-8-9-14(3)18(17)21;;;/h7-12,21-22H,5-6,13H2,1-4H3;2*1H;/q;;;+2/p-2. The molecule has 0 aliphatic heterocycles. The molecule has 0 saturated heterocycles. The topological polar surface area (TPSA) is 23.5 Å². The molecule has 0 bridgehead atoms. The molecule has 0 fully saturated rings. The van der Waals surface area contributed by atoms with E-state index in [-0.39, 0.29) is 0 Å². The number of rotatable bonds is 6. The SMILES string of the molecule is CCN(CC)Cc1cccc(C)c1Pc1cccc(C)c1O.[Cl][Ti][Cl]. The molecule has 0 aromatic heterocycles. The summed E-state index contributed by atoms with van der Waals surface area (Å²) >= 11 is -0.556. The summed E-state index contributed by atoms with van der Waals surface area (Å²) in [5.41, 5.74) is 3.63. The van der Waals surface area contributed by atoms with E-state index < -0.39 is 17.0 Å². The van der Waals surface area contributed by atoms with Gasteiger partial charge in [0.15, 0.2) is 0 Å². The molecule has 0 radical (unpaired) electrons. The Kier molecular flexibility index (Phi) is 11.3. The van der Waals surface area contributed by atoms with Gasteiger partial charge in [-0.15, -0.1) is 0 Å². The average molecular weight is 434 g/mol. The Morgan fingerprint density at radius 1 is 1.00 bits per heavy atom. The third-order valence-corrected chi connectivity index (χ3v) is 5.78. The molecule has 0 aliphatic rings. The van der Waals surface area contributed by atoms with Crippen LogP contribution in [0.2, 0.25) is 0 Å². The van der Waals surface area contributed by atoms with Crippen LogP contribution in [0.4, 0.5) is 0 Å². The van der Waals surface area contributed by atoms with Crippen molar-refractivity contribution < 1.29 is 22.1 Å². The molecule has 2 nitrogen and oxygen atoms in total. The maximum absolute atomic E-state index is 10.3. The van der Waals surface area contributed by atoms with Crippen LogP contribution < -0.4 is 10.6 Å². The van der Waals surface area contributed by atoms with Crippen LogP contribution >= 0.6 is 27.2 Å². The van der Waals surface area contributed by atoms with Crippen molar-refractivity contribution in [3.63, 3.8) is 0 Å². The Hall–Kier alpha value is -0.0757. The fraction of sp³-hybridized carbons (Fsp3) is 0.368. The van der Waals surface area contributed by atoms with Gasteiger partial charge in [-0.25, -0.2) is 0 Å². The Bertz CT molecular complexity index is 666. The van der Waals surface area contributed by atoms with Gasteiger partial charge >= 0.3 is 35.6 Å². The number of hydrogen-bond donors (Lipinski definition) is 1. The number of hydrogen-bond acceptors (Lipinski definition) is 2. The molecule has 0 aliphatic carbocycles. The minimum atomic E-state index is -0.556. The second kappa shape index (κ2) is 12.3. The summed E-state index contributed by atoms with van der Waals surface area (Å²) in [4.78, 5) is 2.43. The second-order valence-electron chi connectivity index (χ2n) is 5.74. The van der Waals surface area contributed by atoms with E-state index >= 15 is 0 Å². The van der Waals surface area contributed by atoms with Gasteiger partial charge in [0.1, 0.15) is 5.75 Å². The van der Waals surface area contributed by atoms with Crippen molar-refractivity contribution in [1.82, 2.24) is 4.90 Å². The molecule has 1 N–H and O–H groups in total. The van der Waals surface area contributed by atoms with Gasteiger partial charge in [-0.05, 0) is 48.9 Å². The molecule has 0 heterocycles. The Morgan fingerprint density at radius 3 is 2.16 bits per heavy atom. The summed E-state index contributed by atoms with van der Waals surface area (Å²) in [6, 6.07) is 12.5. The van der Waals surface area contributed by atoms with Crippen molar-refractivity contribution in [2.75, 3.05) is 13.1 Å². The number of phenols is 1. The summed E-state index contributed by atoms with van der Waals surface area (Å²) in [6.45, 7) is 11.6. The van der Waals surface area contributed by atoms with E-state index in [1.54, 1.807) is 0 Å². The Labute approximate surface area is 170 Å². The summed E-state index contributed by atoms with van der Waals surface area (Å²) in [6.07, 6.45) is 0. The average Bonchev–Trinajstić information content (AvgIpc) is 2.60. The zero-order valence-electron chi connectivity index (χ0n) is 15.2. The van der Waals surface area contributed by atoms with E-state index in [0.29, 0.717) is 14.3 Å². The fourth-order valence-electron chi connectivity index (χ4n) is 2.62. The molecule has 0 spiro atoms. The first-order chi connectivity index (χ1) is 12.0. The van der Waals surface area contributed by atoms with Gasteiger partial charge in [-0.1, -0.05) is 58.8 Å². The van der Waals surface area contributed by atoms with E-state index in [2.05, 4.69) is 43.9 Å². The number of phenolic OH excluding ortho intramolecular Hbond substituents is 1. The normalized spacial score (nSPS) is 10.8. The molecule has 0 amide bonds. The zero-order valence-corrected chi connectivity index (χ0v) is 19.3. The number of benzene rings is 2. The number of halogens is 2. The van der Waals surface area contributed by atoms with Crippen LogP contribution in [0.3, 0.4) is 0 Å². The molecular weight excluding hydrogens is 408 g/mol. The molecule has 1 unspecified atom stereocenters. The van der Waals surface area contributed by atoms with Gasteiger partial charge in [0.2, 0.25) is 0 Å². The quantitative estimate of drug-likeness (QED) is 0.519. The van der Waals surface area contributed by atoms with Crippen molar-refractivity contribution >= 4 is 37.8 Å². The maximum atomic E-state index is 10.3. The van der Waals surface area contributed by atoms with E-state index in [9.17, 15) is 5.11 Å². The number of para-hydroxylation sites is 1. The summed E-state index contributed by atoms with van der Waals surface area (Å²) in [5.74, 6) is 0.442. The number of aryl methyl sites for hydroxylation is 2. The van der Waals surface area contributed by atoms with Crippen molar-refractivity contribution in [2.24, 2.45) is 0 Å².